The molecule has 0 unspecified atom stereocenters. The molecule has 3 rings (SSSR count). The summed E-state index contributed by atoms with van der Waals surface area (Å²) in [6.07, 6.45) is 1.80. The summed E-state index contributed by atoms with van der Waals surface area (Å²) in [5, 5.41) is 17.1. The first-order valence-corrected chi connectivity index (χ1v) is 9.69. The molecule has 2 N–H and O–H groups in total. The van der Waals surface area contributed by atoms with Gasteiger partial charge in [-0.05, 0) is 43.9 Å². The molecule has 1 saturated heterocycles. The molecule has 0 aromatic carbocycles. The van der Waals surface area contributed by atoms with Gasteiger partial charge < -0.3 is 9.52 Å². The van der Waals surface area contributed by atoms with Crippen LogP contribution in [0.25, 0.3) is 0 Å². The number of aryl methyl sites for hydroxylation is 1. The Morgan fingerprint density at radius 2 is 2.15 bits per heavy atom. The zero-order chi connectivity index (χ0) is 18.5. The van der Waals surface area contributed by atoms with Gasteiger partial charge in [-0.3, -0.25) is 14.9 Å². The Balaban J connectivity index is 1.57. The van der Waals surface area contributed by atoms with E-state index in [1.807, 2.05) is 13.0 Å². The summed E-state index contributed by atoms with van der Waals surface area (Å²) < 4.78 is 5.74. The van der Waals surface area contributed by atoms with E-state index in [0.717, 1.165) is 62.8 Å². The van der Waals surface area contributed by atoms with Crippen LogP contribution >= 0.6 is 0 Å². The predicted octanol–water partition coefficient (Wildman–Crippen LogP) is 2.58. The van der Waals surface area contributed by atoms with Gasteiger partial charge >= 0.3 is 0 Å². The summed E-state index contributed by atoms with van der Waals surface area (Å²) in [5.41, 5.74) is 2.33. The van der Waals surface area contributed by atoms with Gasteiger partial charge in [-0.25, -0.2) is 0 Å². The Bertz CT molecular complexity index is 679. The van der Waals surface area contributed by atoms with Crippen LogP contribution in [0.3, 0.4) is 0 Å². The van der Waals surface area contributed by atoms with Gasteiger partial charge in [0.1, 0.15) is 11.5 Å². The van der Waals surface area contributed by atoms with Gasteiger partial charge in [-0.15, -0.1) is 0 Å². The minimum atomic E-state index is 0.217. The quantitative estimate of drug-likeness (QED) is 0.757. The third-order valence-corrected chi connectivity index (χ3v) is 5.00. The molecular weight excluding hydrogens is 328 g/mol. The van der Waals surface area contributed by atoms with Crippen LogP contribution in [0.1, 0.15) is 43.2 Å². The number of furan rings is 1. The lowest BCUT2D eigenvalue weighted by molar-refractivity contribution is 0.0449. The molecule has 6 nitrogen and oxygen atoms in total. The van der Waals surface area contributed by atoms with Crippen molar-refractivity contribution in [3.8, 4) is 0 Å². The Labute approximate surface area is 156 Å². The molecule has 26 heavy (non-hydrogen) atoms. The molecule has 1 fully saturated rings. The minimum Gasteiger partial charge on any atom is -0.465 e. The zero-order valence-electron chi connectivity index (χ0n) is 16.2. The number of hydrogen-bond acceptors (Lipinski definition) is 5. The van der Waals surface area contributed by atoms with Gasteiger partial charge in [0.15, 0.2) is 0 Å². The summed E-state index contributed by atoms with van der Waals surface area (Å²) in [6, 6.07) is 6.61. The molecule has 144 valence electrons. The molecule has 0 bridgehead atoms. The minimum absolute atomic E-state index is 0.217. The lowest BCUT2D eigenvalue weighted by Gasteiger charge is -2.40. The maximum atomic E-state index is 9.48. The fourth-order valence-electron chi connectivity index (χ4n) is 3.76. The first-order valence-electron chi connectivity index (χ1n) is 9.69. The molecule has 2 aromatic rings. The van der Waals surface area contributed by atoms with E-state index >= 15 is 0 Å². The van der Waals surface area contributed by atoms with Crippen LogP contribution in [-0.2, 0) is 19.5 Å². The van der Waals surface area contributed by atoms with E-state index in [1.165, 1.54) is 5.69 Å². The number of aliphatic hydroxyl groups is 1. The van der Waals surface area contributed by atoms with Gasteiger partial charge in [0.2, 0.25) is 0 Å². The summed E-state index contributed by atoms with van der Waals surface area (Å²) in [4.78, 5) is 4.89. The van der Waals surface area contributed by atoms with Crippen molar-refractivity contribution in [3.05, 3.63) is 41.1 Å². The second-order valence-corrected chi connectivity index (χ2v) is 7.87. The van der Waals surface area contributed by atoms with Gasteiger partial charge in [-0.1, -0.05) is 13.8 Å². The fraction of sp³-hybridized carbons (Fsp3) is 0.650. The molecule has 0 spiro atoms. The first-order chi connectivity index (χ1) is 12.5. The van der Waals surface area contributed by atoms with Crippen LogP contribution in [0.15, 0.2) is 22.6 Å². The SMILES string of the molecule is Cc1ccc(CN2CCN(Cc3cc(CC(C)C)n[nH]3)C[C@@H]2CCO)o1. The lowest BCUT2D eigenvalue weighted by atomic mass is 10.1. The Morgan fingerprint density at radius 1 is 1.31 bits per heavy atom. The van der Waals surface area contributed by atoms with Crippen molar-refractivity contribution in [1.29, 1.82) is 0 Å². The Hall–Kier alpha value is -1.63. The van der Waals surface area contributed by atoms with Crippen molar-refractivity contribution in [2.45, 2.75) is 52.7 Å². The van der Waals surface area contributed by atoms with Crippen molar-refractivity contribution in [2.75, 3.05) is 26.2 Å². The highest BCUT2D eigenvalue weighted by Gasteiger charge is 2.27. The van der Waals surface area contributed by atoms with E-state index in [9.17, 15) is 5.11 Å². The Kier molecular flexibility index (Phi) is 6.51. The smallest absolute Gasteiger partial charge is 0.118 e. The van der Waals surface area contributed by atoms with E-state index in [1.54, 1.807) is 0 Å². The largest absolute Gasteiger partial charge is 0.465 e. The standard InChI is InChI=1S/C20H32N4O2/c1-15(2)10-17-11-18(22-21-17)12-23-7-8-24(19(13-23)6-9-25)14-20-5-4-16(3)26-20/h4-5,11,15,19,25H,6-10,12-14H2,1-3H3,(H,21,22)/t19-/m0/s1. The molecule has 0 saturated carbocycles. The molecule has 0 radical (unpaired) electrons. The highest BCUT2D eigenvalue weighted by atomic mass is 16.3. The molecule has 6 heteroatoms. The number of piperazine rings is 1. The van der Waals surface area contributed by atoms with E-state index < -0.39 is 0 Å². The van der Waals surface area contributed by atoms with Crippen molar-refractivity contribution in [2.24, 2.45) is 5.92 Å². The van der Waals surface area contributed by atoms with Crippen molar-refractivity contribution in [1.82, 2.24) is 20.0 Å². The maximum absolute atomic E-state index is 9.48. The predicted molar refractivity (Wildman–Crippen MR) is 102 cm³/mol. The molecule has 1 atom stereocenters. The number of hydrogen-bond donors (Lipinski definition) is 2. The van der Waals surface area contributed by atoms with Crippen LogP contribution in [0.4, 0.5) is 0 Å². The highest BCUT2D eigenvalue weighted by molar-refractivity contribution is 5.10. The summed E-state index contributed by atoms with van der Waals surface area (Å²) in [5.74, 6) is 2.58. The van der Waals surface area contributed by atoms with Crippen molar-refractivity contribution in [3.63, 3.8) is 0 Å². The van der Waals surface area contributed by atoms with Crippen molar-refractivity contribution < 1.29 is 9.52 Å². The summed E-state index contributed by atoms with van der Waals surface area (Å²) in [6.45, 7) is 11.3. The van der Waals surface area contributed by atoms with E-state index in [-0.39, 0.29) is 6.61 Å². The van der Waals surface area contributed by atoms with Crippen LogP contribution in [0.5, 0.6) is 0 Å². The van der Waals surface area contributed by atoms with Crippen LogP contribution in [0.2, 0.25) is 0 Å². The number of aromatic nitrogens is 2. The molecule has 1 aliphatic heterocycles. The second kappa shape index (κ2) is 8.84. The third-order valence-electron chi connectivity index (χ3n) is 5.00. The van der Waals surface area contributed by atoms with Gasteiger partial charge in [0.25, 0.3) is 0 Å². The Morgan fingerprint density at radius 3 is 2.85 bits per heavy atom. The molecule has 0 amide bonds. The number of aliphatic hydroxyl groups excluding tert-OH is 1. The van der Waals surface area contributed by atoms with Gasteiger partial charge in [-0.2, -0.15) is 5.10 Å². The van der Waals surface area contributed by atoms with Crippen LogP contribution in [0, 0.1) is 12.8 Å². The van der Waals surface area contributed by atoms with Gasteiger partial charge in [0, 0.05) is 44.5 Å². The monoisotopic (exact) mass is 360 g/mol. The first kappa shape index (κ1) is 19.1. The summed E-state index contributed by atoms with van der Waals surface area (Å²) >= 11 is 0. The van der Waals surface area contributed by atoms with E-state index in [4.69, 9.17) is 4.42 Å². The van der Waals surface area contributed by atoms with E-state index in [0.29, 0.717) is 12.0 Å². The number of aromatic amines is 1. The lowest BCUT2D eigenvalue weighted by Crippen LogP contribution is -2.52. The number of nitrogens with one attached hydrogen (secondary N) is 1. The summed E-state index contributed by atoms with van der Waals surface area (Å²) in [7, 11) is 0. The normalized spacial score (nSPS) is 19.5. The third kappa shape index (κ3) is 5.19. The molecular formula is C20H32N4O2. The second-order valence-electron chi connectivity index (χ2n) is 7.87. The number of nitrogens with zero attached hydrogens (tertiary/aromatic N) is 3. The molecule has 3 heterocycles. The number of H-pyrrole nitrogens is 1. The average molecular weight is 361 g/mol. The van der Waals surface area contributed by atoms with Crippen LogP contribution in [-0.4, -0.2) is 57.4 Å². The van der Waals surface area contributed by atoms with E-state index in [2.05, 4.69) is 46.0 Å². The number of rotatable bonds is 8. The maximum Gasteiger partial charge on any atom is 0.118 e. The molecule has 1 aliphatic rings. The zero-order valence-corrected chi connectivity index (χ0v) is 16.2. The van der Waals surface area contributed by atoms with Crippen LogP contribution < -0.4 is 0 Å². The molecule has 0 aliphatic carbocycles. The molecule has 2 aromatic heterocycles. The fourth-order valence-corrected chi connectivity index (χ4v) is 3.76. The average Bonchev–Trinajstić information content (AvgIpc) is 3.18. The van der Waals surface area contributed by atoms with Crippen molar-refractivity contribution >= 4 is 0 Å². The highest BCUT2D eigenvalue weighted by Crippen LogP contribution is 2.19. The topological polar surface area (TPSA) is 68.5 Å². The van der Waals surface area contributed by atoms with Gasteiger partial charge in [0.05, 0.1) is 12.2 Å².